The van der Waals surface area contributed by atoms with Gasteiger partial charge in [0.1, 0.15) is 0 Å². The van der Waals surface area contributed by atoms with Gasteiger partial charge < -0.3 is 14.8 Å². The Morgan fingerprint density at radius 3 is 2.74 bits per heavy atom. The Morgan fingerprint density at radius 2 is 2.05 bits per heavy atom. The summed E-state index contributed by atoms with van der Waals surface area (Å²) in [7, 11) is 0. The fourth-order valence-corrected chi connectivity index (χ4v) is 2.18. The molecule has 2 rings (SSSR count). The van der Waals surface area contributed by atoms with E-state index in [2.05, 4.69) is 5.32 Å². The van der Waals surface area contributed by atoms with Crippen molar-refractivity contribution >= 4 is 0 Å². The van der Waals surface area contributed by atoms with Gasteiger partial charge in [0.2, 0.25) is 6.79 Å². The zero-order valence-corrected chi connectivity index (χ0v) is 11.2. The predicted octanol–water partition coefficient (Wildman–Crippen LogP) is 2.98. The van der Waals surface area contributed by atoms with Crippen LogP contribution in [0.25, 0.3) is 0 Å². The molecule has 0 bridgehead atoms. The fraction of sp³-hybridized carbons (Fsp3) is 0.571. The summed E-state index contributed by atoms with van der Waals surface area (Å²) in [6.45, 7) is 4.16. The van der Waals surface area contributed by atoms with Crippen molar-refractivity contribution in [3.05, 3.63) is 23.8 Å². The van der Waals surface area contributed by atoms with E-state index in [1.54, 1.807) is 6.92 Å². The number of aryl methyl sites for hydroxylation is 1. The van der Waals surface area contributed by atoms with Gasteiger partial charge >= 0.3 is 0 Å². The van der Waals surface area contributed by atoms with Gasteiger partial charge in [-0.25, -0.2) is 8.78 Å². The second kappa shape index (κ2) is 5.74. The second-order valence-electron chi connectivity index (χ2n) is 4.94. The van der Waals surface area contributed by atoms with Gasteiger partial charge in [-0.1, -0.05) is 13.0 Å². The first kappa shape index (κ1) is 14.1. The summed E-state index contributed by atoms with van der Waals surface area (Å²) in [4.78, 5) is 0. The third-order valence-electron chi connectivity index (χ3n) is 3.43. The Balaban J connectivity index is 2.01. The van der Waals surface area contributed by atoms with Gasteiger partial charge in [0.15, 0.2) is 11.5 Å². The van der Waals surface area contributed by atoms with Crippen molar-refractivity contribution in [1.29, 1.82) is 0 Å². The molecule has 1 atom stereocenters. The Hall–Kier alpha value is -1.36. The lowest BCUT2D eigenvalue weighted by atomic mass is 9.93. The summed E-state index contributed by atoms with van der Waals surface area (Å²) in [5, 5.41) is 2.88. The first-order valence-electron chi connectivity index (χ1n) is 6.47. The highest BCUT2D eigenvalue weighted by molar-refractivity contribution is 5.44. The third kappa shape index (κ3) is 3.15. The Morgan fingerprint density at radius 1 is 1.32 bits per heavy atom. The number of ether oxygens (including phenoxy) is 2. The number of hydrogen-bond donors (Lipinski definition) is 1. The van der Waals surface area contributed by atoms with Crippen molar-refractivity contribution in [3.63, 3.8) is 0 Å². The first-order valence-corrected chi connectivity index (χ1v) is 6.47. The number of rotatable bonds is 6. The molecule has 19 heavy (non-hydrogen) atoms. The summed E-state index contributed by atoms with van der Waals surface area (Å²) in [5.41, 5.74) is -0.167. The highest BCUT2D eigenvalue weighted by Crippen LogP contribution is 2.33. The molecule has 5 heteroatoms. The number of hydrogen-bond acceptors (Lipinski definition) is 3. The molecular weight excluding hydrogens is 252 g/mol. The largest absolute Gasteiger partial charge is 0.454 e. The Labute approximate surface area is 111 Å². The molecule has 1 N–H and O–H groups in total. The Bertz CT molecular complexity index is 439. The van der Waals surface area contributed by atoms with Crippen LogP contribution >= 0.6 is 0 Å². The fourth-order valence-electron chi connectivity index (χ4n) is 2.18. The molecule has 3 nitrogen and oxygen atoms in total. The van der Waals surface area contributed by atoms with Crippen LogP contribution in [0.4, 0.5) is 8.78 Å². The molecule has 0 amide bonds. The van der Waals surface area contributed by atoms with E-state index >= 15 is 0 Å². The lowest BCUT2D eigenvalue weighted by molar-refractivity contribution is 0.0364. The average molecular weight is 271 g/mol. The van der Waals surface area contributed by atoms with Crippen molar-refractivity contribution in [2.75, 3.05) is 13.3 Å². The SMILES string of the molecule is CCNC(C)(CCc1ccc2c(c1)OCO2)C(F)F. The topological polar surface area (TPSA) is 30.5 Å². The number of fused-ring (bicyclic) bond motifs is 1. The first-order chi connectivity index (χ1) is 9.05. The molecule has 1 unspecified atom stereocenters. The minimum absolute atomic E-state index is 0.227. The summed E-state index contributed by atoms with van der Waals surface area (Å²) in [6.07, 6.45) is -1.44. The molecule has 106 valence electrons. The molecular formula is C14H19F2NO2. The quantitative estimate of drug-likeness (QED) is 0.862. The predicted molar refractivity (Wildman–Crippen MR) is 69.0 cm³/mol. The maximum absolute atomic E-state index is 13.1. The molecule has 0 aliphatic carbocycles. The monoisotopic (exact) mass is 271 g/mol. The Kier molecular flexibility index (Phi) is 4.24. The maximum Gasteiger partial charge on any atom is 0.256 e. The maximum atomic E-state index is 13.1. The lowest BCUT2D eigenvalue weighted by Crippen LogP contribution is -2.48. The molecule has 1 heterocycles. The molecule has 1 aliphatic heterocycles. The zero-order chi connectivity index (χ0) is 13.9. The van der Waals surface area contributed by atoms with E-state index in [1.807, 2.05) is 25.1 Å². The van der Waals surface area contributed by atoms with Crippen LogP contribution in [0.1, 0.15) is 25.8 Å². The molecule has 1 aromatic carbocycles. The molecule has 0 spiro atoms. The van der Waals surface area contributed by atoms with Crippen molar-refractivity contribution in [2.24, 2.45) is 0 Å². The van der Waals surface area contributed by atoms with Gasteiger partial charge in [0, 0.05) is 0 Å². The van der Waals surface area contributed by atoms with Gasteiger partial charge in [-0.3, -0.25) is 0 Å². The van der Waals surface area contributed by atoms with Crippen molar-refractivity contribution in [3.8, 4) is 11.5 Å². The molecule has 0 radical (unpaired) electrons. The van der Waals surface area contributed by atoms with E-state index in [-0.39, 0.29) is 6.79 Å². The van der Waals surface area contributed by atoms with E-state index in [4.69, 9.17) is 9.47 Å². The summed E-state index contributed by atoms with van der Waals surface area (Å²) >= 11 is 0. The second-order valence-corrected chi connectivity index (χ2v) is 4.94. The van der Waals surface area contributed by atoms with Crippen molar-refractivity contribution in [2.45, 2.75) is 38.7 Å². The van der Waals surface area contributed by atoms with Gasteiger partial charge in [-0.05, 0) is 44.0 Å². The summed E-state index contributed by atoms with van der Waals surface area (Å²) in [5.74, 6) is 1.41. The lowest BCUT2D eigenvalue weighted by Gasteiger charge is -2.29. The van der Waals surface area contributed by atoms with Crippen LogP contribution in [-0.4, -0.2) is 25.3 Å². The normalized spacial score (nSPS) is 16.7. The van der Waals surface area contributed by atoms with Crippen LogP contribution in [-0.2, 0) is 6.42 Å². The van der Waals surface area contributed by atoms with Crippen LogP contribution in [0, 0.1) is 0 Å². The average Bonchev–Trinajstić information content (AvgIpc) is 2.84. The van der Waals surface area contributed by atoms with Crippen LogP contribution < -0.4 is 14.8 Å². The van der Waals surface area contributed by atoms with E-state index in [0.29, 0.717) is 30.9 Å². The third-order valence-corrected chi connectivity index (χ3v) is 3.43. The van der Waals surface area contributed by atoms with Crippen LogP contribution in [0.3, 0.4) is 0 Å². The van der Waals surface area contributed by atoms with E-state index < -0.39 is 12.0 Å². The zero-order valence-electron chi connectivity index (χ0n) is 11.2. The minimum Gasteiger partial charge on any atom is -0.454 e. The number of halogens is 2. The minimum atomic E-state index is -2.39. The summed E-state index contributed by atoms with van der Waals surface area (Å²) < 4.78 is 36.7. The number of nitrogens with one attached hydrogen (secondary N) is 1. The van der Waals surface area contributed by atoms with Crippen molar-refractivity contribution in [1.82, 2.24) is 5.32 Å². The number of alkyl halides is 2. The highest BCUT2D eigenvalue weighted by Gasteiger charge is 2.33. The van der Waals surface area contributed by atoms with E-state index in [1.165, 1.54) is 0 Å². The van der Waals surface area contributed by atoms with E-state index in [0.717, 1.165) is 5.56 Å². The molecule has 0 saturated heterocycles. The smallest absolute Gasteiger partial charge is 0.256 e. The molecule has 1 aliphatic rings. The van der Waals surface area contributed by atoms with Crippen LogP contribution in [0.5, 0.6) is 11.5 Å². The van der Waals surface area contributed by atoms with Gasteiger partial charge in [-0.2, -0.15) is 0 Å². The molecule has 0 fully saturated rings. The van der Waals surface area contributed by atoms with Crippen LogP contribution in [0.15, 0.2) is 18.2 Å². The number of benzene rings is 1. The van der Waals surface area contributed by atoms with Crippen LogP contribution in [0.2, 0.25) is 0 Å². The molecule has 0 saturated carbocycles. The van der Waals surface area contributed by atoms with Gasteiger partial charge in [0.05, 0.1) is 5.54 Å². The molecule has 1 aromatic rings. The highest BCUT2D eigenvalue weighted by atomic mass is 19.3. The van der Waals surface area contributed by atoms with E-state index in [9.17, 15) is 8.78 Å². The summed E-state index contributed by atoms with van der Waals surface area (Å²) in [6, 6.07) is 5.58. The van der Waals surface area contributed by atoms with Crippen molar-refractivity contribution < 1.29 is 18.3 Å². The van der Waals surface area contributed by atoms with Gasteiger partial charge in [-0.15, -0.1) is 0 Å². The molecule has 0 aromatic heterocycles. The standard InChI is InChI=1S/C14H19F2NO2/c1-3-17-14(2,13(15)16)7-6-10-4-5-11-12(8-10)19-9-18-11/h4-5,8,13,17H,3,6-7,9H2,1-2H3. The van der Waals surface area contributed by atoms with Gasteiger partial charge in [0.25, 0.3) is 6.43 Å².